The highest BCUT2D eigenvalue weighted by Gasteiger charge is 2.22. The first-order valence-corrected chi connectivity index (χ1v) is 8.46. The molecule has 5 heteroatoms. The van der Waals surface area contributed by atoms with Crippen molar-refractivity contribution in [3.05, 3.63) is 65.4 Å². The molecule has 0 aromatic carbocycles. The summed E-state index contributed by atoms with van der Waals surface area (Å²) in [7, 11) is 0. The van der Waals surface area contributed by atoms with Gasteiger partial charge in [-0.15, -0.1) is 0 Å². The minimum atomic E-state index is -0.311. The van der Waals surface area contributed by atoms with Crippen molar-refractivity contribution in [1.82, 2.24) is 19.4 Å². The van der Waals surface area contributed by atoms with Gasteiger partial charge in [0.25, 0.3) is 0 Å². The zero-order valence-electron chi connectivity index (χ0n) is 13.2. The molecule has 3 heterocycles. The second-order valence-corrected chi connectivity index (χ2v) is 6.70. The van der Waals surface area contributed by atoms with Gasteiger partial charge in [-0.3, -0.25) is 0 Å². The summed E-state index contributed by atoms with van der Waals surface area (Å²) in [6.45, 7) is 0. The molecule has 2 aliphatic rings. The number of rotatable bonds is 3. The molecule has 5 rings (SSSR count). The van der Waals surface area contributed by atoms with Gasteiger partial charge in [0.1, 0.15) is 5.82 Å². The van der Waals surface area contributed by atoms with Crippen molar-refractivity contribution in [1.29, 1.82) is 0 Å². The van der Waals surface area contributed by atoms with E-state index >= 15 is 0 Å². The van der Waals surface area contributed by atoms with E-state index in [2.05, 4.69) is 16.0 Å². The molecule has 0 aliphatic heterocycles. The molecule has 0 atom stereocenters. The Bertz CT molecular complexity index is 969. The first-order chi connectivity index (χ1) is 11.8. The van der Waals surface area contributed by atoms with E-state index in [0.29, 0.717) is 5.65 Å². The predicted molar refractivity (Wildman–Crippen MR) is 89.0 cm³/mol. The number of fused-ring (bicyclic) bond motifs is 2. The van der Waals surface area contributed by atoms with E-state index in [-0.39, 0.29) is 5.82 Å². The summed E-state index contributed by atoms with van der Waals surface area (Å²) >= 11 is 0. The fourth-order valence-corrected chi connectivity index (χ4v) is 3.61. The molecule has 0 bridgehead atoms. The molecule has 0 spiro atoms. The van der Waals surface area contributed by atoms with Crippen LogP contribution in [0.3, 0.4) is 0 Å². The van der Waals surface area contributed by atoms with E-state index in [0.717, 1.165) is 47.0 Å². The molecule has 0 radical (unpaired) electrons. The number of nitrogens with zero attached hydrogens (tertiary/aromatic N) is 4. The maximum absolute atomic E-state index is 14.2. The number of halogens is 1. The molecule has 120 valence electrons. The smallest absolute Gasteiger partial charge is 0.173 e. The molecule has 0 amide bonds. The predicted octanol–water partition coefficient (Wildman–Crippen LogP) is 3.59. The average molecular weight is 320 g/mol. The Morgan fingerprint density at radius 2 is 2.17 bits per heavy atom. The molecule has 3 aromatic rings. The lowest BCUT2D eigenvalue weighted by Gasteiger charge is -2.24. The third kappa shape index (κ3) is 2.15. The van der Waals surface area contributed by atoms with E-state index in [4.69, 9.17) is 4.98 Å². The van der Waals surface area contributed by atoms with E-state index in [9.17, 15) is 4.39 Å². The minimum Gasteiger partial charge on any atom is -0.304 e. The Labute approximate surface area is 139 Å². The van der Waals surface area contributed by atoms with Crippen LogP contribution in [0.5, 0.6) is 0 Å². The van der Waals surface area contributed by atoms with Crippen molar-refractivity contribution in [2.45, 2.75) is 32.1 Å². The first-order valence-electron chi connectivity index (χ1n) is 8.46. The van der Waals surface area contributed by atoms with Crippen molar-refractivity contribution >= 4 is 11.2 Å². The van der Waals surface area contributed by atoms with Crippen molar-refractivity contribution in [3.8, 4) is 0 Å². The molecule has 0 N–H and O–H groups in total. The van der Waals surface area contributed by atoms with Gasteiger partial charge in [-0.2, -0.15) is 0 Å². The highest BCUT2D eigenvalue weighted by atomic mass is 19.1. The Kier molecular flexibility index (Phi) is 3.01. The maximum atomic E-state index is 14.2. The van der Waals surface area contributed by atoms with Crippen LogP contribution in [0.2, 0.25) is 0 Å². The van der Waals surface area contributed by atoms with Gasteiger partial charge in [0.2, 0.25) is 0 Å². The summed E-state index contributed by atoms with van der Waals surface area (Å²) < 4.78 is 15.9. The van der Waals surface area contributed by atoms with Crippen LogP contribution in [0, 0.1) is 11.7 Å². The van der Waals surface area contributed by atoms with Gasteiger partial charge < -0.3 is 4.40 Å². The Morgan fingerprint density at radius 3 is 3.00 bits per heavy atom. The van der Waals surface area contributed by atoms with Crippen molar-refractivity contribution in [2.24, 2.45) is 5.92 Å². The summed E-state index contributed by atoms with van der Waals surface area (Å²) in [5.41, 5.74) is 4.28. The van der Waals surface area contributed by atoms with Crippen LogP contribution >= 0.6 is 0 Å². The second kappa shape index (κ2) is 5.23. The fourth-order valence-electron chi connectivity index (χ4n) is 3.61. The summed E-state index contributed by atoms with van der Waals surface area (Å²) in [4.78, 5) is 13.3. The zero-order chi connectivity index (χ0) is 16.1. The Balaban J connectivity index is 1.50. The maximum Gasteiger partial charge on any atom is 0.173 e. The van der Waals surface area contributed by atoms with E-state index in [1.165, 1.54) is 19.3 Å². The number of allylic oxidation sites excluding steroid dienone is 1. The molecule has 1 saturated carbocycles. The van der Waals surface area contributed by atoms with E-state index < -0.39 is 0 Å². The summed E-state index contributed by atoms with van der Waals surface area (Å²) in [5, 5.41) is 0. The van der Waals surface area contributed by atoms with Gasteiger partial charge in [0, 0.05) is 48.8 Å². The number of hydrogen-bond acceptors (Lipinski definition) is 3. The third-order valence-corrected chi connectivity index (χ3v) is 5.16. The zero-order valence-corrected chi connectivity index (χ0v) is 13.2. The summed E-state index contributed by atoms with van der Waals surface area (Å²) in [5.74, 6) is 1.40. The lowest BCUT2D eigenvalue weighted by Crippen LogP contribution is -2.16. The summed E-state index contributed by atoms with van der Waals surface area (Å²) in [6.07, 6.45) is 15.0. The molecule has 1 fully saturated rings. The monoisotopic (exact) mass is 320 g/mol. The quantitative estimate of drug-likeness (QED) is 0.740. The van der Waals surface area contributed by atoms with Crippen molar-refractivity contribution in [3.63, 3.8) is 0 Å². The average Bonchev–Trinajstić information content (AvgIpc) is 3.17. The van der Waals surface area contributed by atoms with Gasteiger partial charge in [-0.05, 0) is 17.6 Å². The van der Waals surface area contributed by atoms with Crippen LogP contribution < -0.4 is 0 Å². The van der Waals surface area contributed by atoms with Crippen molar-refractivity contribution in [2.75, 3.05) is 0 Å². The second-order valence-electron chi connectivity index (χ2n) is 6.70. The Morgan fingerprint density at radius 1 is 1.25 bits per heavy atom. The highest BCUT2D eigenvalue weighted by molar-refractivity contribution is 5.83. The summed E-state index contributed by atoms with van der Waals surface area (Å²) in [6, 6.07) is 1.55. The standard InChI is InChI=1S/C19H17FN4/c20-16-9-13(11-24-7-6-21-19(16)24)14-4-5-17-15(14)10-22-18(23-17)8-12-2-1-3-12/h4,6-7,9-12H,1-3,5,8H2. The third-order valence-electron chi connectivity index (χ3n) is 5.16. The van der Waals surface area contributed by atoms with E-state index in [1.807, 2.05) is 12.4 Å². The van der Waals surface area contributed by atoms with Crippen molar-refractivity contribution < 1.29 is 4.39 Å². The van der Waals surface area contributed by atoms with Crippen LogP contribution in [0.4, 0.5) is 4.39 Å². The van der Waals surface area contributed by atoms with Gasteiger partial charge in [0.05, 0.1) is 5.69 Å². The van der Waals surface area contributed by atoms with Gasteiger partial charge >= 0.3 is 0 Å². The first kappa shape index (κ1) is 13.8. The molecule has 2 aliphatic carbocycles. The highest BCUT2D eigenvalue weighted by Crippen LogP contribution is 2.33. The molecular weight excluding hydrogens is 303 g/mol. The normalized spacial score (nSPS) is 17.0. The van der Waals surface area contributed by atoms with Gasteiger partial charge in [-0.1, -0.05) is 25.3 Å². The van der Waals surface area contributed by atoms with Crippen LogP contribution in [0.1, 0.15) is 41.9 Å². The largest absolute Gasteiger partial charge is 0.304 e. The number of aromatic nitrogens is 4. The van der Waals surface area contributed by atoms with Crippen LogP contribution in [0.15, 0.2) is 36.9 Å². The van der Waals surface area contributed by atoms with Crippen LogP contribution in [-0.4, -0.2) is 19.4 Å². The van der Waals surface area contributed by atoms with Crippen LogP contribution in [-0.2, 0) is 12.8 Å². The molecule has 24 heavy (non-hydrogen) atoms. The molecule has 4 nitrogen and oxygen atoms in total. The minimum absolute atomic E-state index is 0.311. The molecule has 0 saturated heterocycles. The number of hydrogen-bond donors (Lipinski definition) is 0. The fraction of sp³-hybridized carbons (Fsp3) is 0.316. The topological polar surface area (TPSA) is 43.1 Å². The molecular formula is C19H17FN4. The molecule has 3 aromatic heterocycles. The van der Waals surface area contributed by atoms with Crippen LogP contribution in [0.25, 0.3) is 11.2 Å². The molecule has 0 unspecified atom stereocenters. The SMILES string of the molecule is Fc1cc(C2=CCc3nc(CC4CCC4)ncc32)cn2ccnc12. The van der Waals surface area contributed by atoms with Gasteiger partial charge in [-0.25, -0.2) is 19.3 Å². The number of pyridine rings is 1. The number of imidazole rings is 1. The lowest BCUT2D eigenvalue weighted by atomic mass is 9.83. The lowest BCUT2D eigenvalue weighted by molar-refractivity contribution is 0.309. The van der Waals surface area contributed by atoms with E-state index in [1.54, 1.807) is 22.9 Å². The Hall–Kier alpha value is -2.56. The van der Waals surface area contributed by atoms with Gasteiger partial charge in [0.15, 0.2) is 11.5 Å².